The second-order valence-electron chi connectivity index (χ2n) is 3.77. The van der Waals surface area contributed by atoms with E-state index in [2.05, 4.69) is 19.1 Å². The van der Waals surface area contributed by atoms with Crippen LogP contribution in [0.5, 0.6) is 0 Å². The third kappa shape index (κ3) is 1.91. The quantitative estimate of drug-likeness (QED) is 0.688. The number of aldehydes is 1. The number of hydrogen-bond acceptors (Lipinski definition) is 1. The summed E-state index contributed by atoms with van der Waals surface area (Å²) in [4.78, 5) is 10.9. The van der Waals surface area contributed by atoms with Crippen LogP contribution in [0, 0.1) is 0 Å². The molecule has 2 aromatic carbocycles. The number of carbonyl (C=O) groups is 1. The monoisotopic (exact) mass is 198 g/mol. The third-order valence-electron chi connectivity index (χ3n) is 2.65. The van der Waals surface area contributed by atoms with Crippen molar-refractivity contribution in [3.05, 3.63) is 47.5 Å². The molecule has 0 fully saturated rings. The molecule has 0 atom stereocenters. The zero-order valence-corrected chi connectivity index (χ0v) is 8.86. The highest BCUT2D eigenvalue weighted by Crippen LogP contribution is 2.20. The minimum absolute atomic E-state index is 0.829. The summed E-state index contributed by atoms with van der Waals surface area (Å²) >= 11 is 0. The fraction of sp³-hybridized carbons (Fsp3) is 0.214. The smallest absolute Gasteiger partial charge is 0.150 e. The van der Waals surface area contributed by atoms with Crippen LogP contribution in [-0.2, 0) is 6.42 Å². The van der Waals surface area contributed by atoms with Gasteiger partial charge >= 0.3 is 0 Å². The lowest BCUT2D eigenvalue weighted by Gasteiger charge is -2.05. The van der Waals surface area contributed by atoms with Crippen LogP contribution >= 0.6 is 0 Å². The topological polar surface area (TPSA) is 17.1 Å². The molecule has 0 amide bonds. The van der Waals surface area contributed by atoms with Gasteiger partial charge in [0.1, 0.15) is 6.29 Å². The standard InChI is InChI=1S/C14H14O/c1-2-5-11-8-12-6-3-4-7-13(12)9-14(11)10-15/h3-4,6-10H,2,5H2,1H3. The molecule has 0 saturated heterocycles. The van der Waals surface area contributed by atoms with E-state index in [9.17, 15) is 4.79 Å². The van der Waals surface area contributed by atoms with Gasteiger partial charge in [-0.15, -0.1) is 0 Å². The van der Waals surface area contributed by atoms with E-state index >= 15 is 0 Å². The Balaban J connectivity index is 2.63. The first-order chi connectivity index (χ1) is 7.35. The van der Waals surface area contributed by atoms with E-state index < -0.39 is 0 Å². The molecule has 0 aliphatic rings. The van der Waals surface area contributed by atoms with Crippen molar-refractivity contribution in [1.82, 2.24) is 0 Å². The lowest BCUT2D eigenvalue weighted by Crippen LogP contribution is -1.92. The number of hydrogen-bond donors (Lipinski definition) is 0. The maximum atomic E-state index is 10.9. The van der Waals surface area contributed by atoms with Crippen LogP contribution < -0.4 is 0 Å². The van der Waals surface area contributed by atoms with Crippen molar-refractivity contribution in [1.29, 1.82) is 0 Å². The molecule has 15 heavy (non-hydrogen) atoms. The van der Waals surface area contributed by atoms with Crippen molar-refractivity contribution >= 4 is 17.1 Å². The summed E-state index contributed by atoms with van der Waals surface area (Å²) in [5.74, 6) is 0. The van der Waals surface area contributed by atoms with E-state index in [0.29, 0.717) is 0 Å². The fourth-order valence-electron chi connectivity index (χ4n) is 1.90. The van der Waals surface area contributed by atoms with Gasteiger partial charge in [-0.1, -0.05) is 43.7 Å². The molecule has 0 radical (unpaired) electrons. The van der Waals surface area contributed by atoms with Gasteiger partial charge in [-0.05, 0) is 28.8 Å². The van der Waals surface area contributed by atoms with Crippen LogP contribution in [-0.4, -0.2) is 6.29 Å². The average Bonchev–Trinajstić information content (AvgIpc) is 2.28. The third-order valence-corrected chi connectivity index (χ3v) is 2.65. The van der Waals surface area contributed by atoms with Gasteiger partial charge in [-0.3, -0.25) is 4.79 Å². The van der Waals surface area contributed by atoms with Gasteiger partial charge in [-0.25, -0.2) is 0 Å². The minimum Gasteiger partial charge on any atom is -0.298 e. The van der Waals surface area contributed by atoms with E-state index in [1.54, 1.807) is 0 Å². The van der Waals surface area contributed by atoms with Gasteiger partial charge < -0.3 is 0 Å². The molecule has 1 heteroatoms. The van der Waals surface area contributed by atoms with Gasteiger partial charge in [0.2, 0.25) is 0 Å². The summed E-state index contributed by atoms with van der Waals surface area (Å²) in [6, 6.07) is 12.3. The van der Waals surface area contributed by atoms with Crippen molar-refractivity contribution in [3.63, 3.8) is 0 Å². The molecule has 0 aliphatic heterocycles. The molecule has 1 nitrogen and oxygen atoms in total. The van der Waals surface area contributed by atoms with E-state index in [1.807, 2.05) is 24.3 Å². The second-order valence-corrected chi connectivity index (χ2v) is 3.77. The summed E-state index contributed by atoms with van der Waals surface area (Å²) < 4.78 is 0. The Bertz CT molecular complexity index is 486. The SMILES string of the molecule is CCCc1cc2ccccc2cc1C=O. The molecule has 0 bridgehead atoms. The van der Waals surface area contributed by atoms with E-state index in [1.165, 1.54) is 5.39 Å². The predicted molar refractivity (Wildman–Crippen MR) is 63.3 cm³/mol. The van der Waals surface area contributed by atoms with Crippen LogP contribution in [0.2, 0.25) is 0 Å². The first-order valence-corrected chi connectivity index (χ1v) is 5.32. The normalized spacial score (nSPS) is 10.5. The average molecular weight is 198 g/mol. The Kier molecular flexibility index (Phi) is 2.82. The zero-order valence-electron chi connectivity index (χ0n) is 8.86. The molecule has 0 heterocycles. The van der Waals surface area contributed by atoms with Gasteiger partial charge in [0, 0.05) is 5.56 Å². The molecule has 0 unspecified atom stereocenters. The Morgan fingerprint density at radius 1 is 1.13 bits per heavy atom. The van der Waals surface area contributed by atoms with Crippen LogP contribution in [0.3, 0.4) is 0 Å². The Labute approximate surface area is 89.7 Å². The lowest BCUT2D eigenvalue weighted by atomic mass is 9.99. The molecule has 0 aromatic heterocycles. The lowest BCUT2D eigenvalue weighted by molar-refractivity contribution is 0.112. The molecule has 2 aromatic rings. The molecule has 0 spiro atoms. The van der Waals surface area contributed by atoms with E-state index in [4.69, 9.17) is 0 Å². The molecular formula is C14H14O. The van der Waals surface area contributed by atoms with E-state index in [-0.39, 0.29) is 0 Å². The summed E-state index contributed by atoms with van der Waals surface area (Å²) in [6.07, 6.45) is 3.00. The summed E-state index contributed by atoms with van der Waals surface area (Å²) in [5.41, 5.74) is 1.99. The minimum atomic E-state index is 0.829. The van der Waals surface area contributed by atoms with Gasteiger partial charge in [-0.2, -0.15) is 0 Å². The highest BCUT2D eigenvalue weighted by atomic mass is 16.1. The van der Waals surface area contributed by atoms with Gasteiger partial charge in [0.15, 0.2) is 0 Å². The number of carbonyl (C=O) groups excluding carboxylic acids is 1. The first-order valence-electron chi connectivity index (χ1n) is 5.32. The summed E-state index contributed by atoms with van der Waals surface area (Å²) in [6.45, 7) is 2.13. The highest BCUT2D eigenvalue weighted by Gasteiger charge is 2.02. The summed E-state index contributed by atoms with van der Waals surface area (Å²) in [5, 5.41) is 2.35. The van der Waals surface area contributed by atoms with Crippen molar-refractivity contribution in [3.8, 4) is 0 Å². The highest BCUT2D eigenvalue weighted by molar-refractivity contribution is 5.90. The van der Waals surface area contributed by atoms with Crippen molar-refractivity contribution in [2.24, 2.45) is 0 Å². The Morgan fingerprint density at radius 2 is 1.80 bits per heavy atom. The molecule has 76 valence electrons. The Hall–Kier alpha value is -1.63. The molecule has 0 aliphatic carbocycles. The number of rotatable bonds is 3. The fourth-order valence-corrected chi connectivity index (χ4v) is 1.90. The Morgan fingerprint density at radius 3 is 2.40 bits per heavy atom. The number of fused-ring (bicyclic) bond motifs is 1. The van der Waals surface area contributed by atoms with E-state index in [0.717, 1.165) is 35.6 Å². The van der Waals surface area contributed by atoms with Crippen molar-refractivity contribution in [2.75, 3.05) is 0 Å². The van der Waals surface area contributed by atoms with Gasteiger partial charge in [0.05, 0.1) is 0 Å². The van der Waals surface area contributed by atoms with Crippen LogP contribution in [0.4, 0.5) is 0 Å². The van der Waals surface area contributed by atoms with Crippen LogP contribution in [0.15, 0.2) is 36.4 Å². The molecule has 2 rings (SSSR count). The molecular weight excluding hydrogens is 184 g/mol. The van der Waals surface area contributed by atoms with Crippen molar-refractivity contribution in [2.45, 2.75) is 19.8 Å². The summed E-state index contributed by atoms with van der Waals surface area (Å²) in [7, 11) is 0. The van der Waals surface area contributed by atoms with Crippen molar-refractivity contribution < 1.29 is 4.79 Å². The maximum absolute atomic E-state index is 10.9. The predicted octanol–water partition coefficient (Wildman–Crippen LogP) is 3.60. The second kappa shape index (κ2) is 4.26. The molecule has 0 saturated carbocycles. The number of benzene rings is 2. The zero-order chi connectivity index (χ0) is 10.7. The van der Waals surface area contributed by atoms with Crippen LogP contribution in [0.1, 0.15) is 29.3 Å². The largest absolute Gasteiger partial charge is 0.298 e. The molecule has 0 N–H and O–H groups in total. The van der Waals surface area contributed by atoms with Gasteiger partial charge in [0.25, 0.3) is 0 Å². The first kappa shape index (κ1) is 9.91. The van der Waals surface area contributed by atoms with Crippen LogP contribution in [0.25, 0.3) is 10.8 Å². The maximum Gasteiger partial charge on any atom is 0.150 e. The number of aryl methyl sites for hydroxylation is 1.